The fourth-order valence-electron chi connectivity index (χ4n) is 2.04. The summed E-state index contributed by atoms with van der Waals surface area (Å²) in [6.45, 7) is 1.83. The van der Waals surface area contributed by atoms with Gasteiger partial charge in [-0.15, -0.1) is 10.2 Å². The number of pyridine rings is 1. The van der Waals surface area contributed by atoms with Crippen molar-refractivity contribution >= 4 is 23.4 Å². The maximum atomic E-state index is 9.06. The summed E-state index contributed by atoms with van der Waals surface area (Å²) in [6.07, 6.45) is 3.42. The van der Waals surface area contributed by atoms with E-state index in [2.05, 4.69) is 21.3 Å². The van der Waals surface area contributed by atoms with E-state index in [0.717, 1.165) is 11.3 Å². The van der Waals surface area contributed by atoms with Gasteiger partial charge in [-0.1, -0.05) is 23.4 Å². The molecule has 0 bridgehead atoms. The first-order valence-electron chi connectivity index (χ1n) is 6.87. The SMILES string of the molecule is C[C@@H](C#N)Sc1nnc(-c2ccncc2)n1-c1ccc(Cl)cc1. The minimum Gasteiger partial charge on any atom is -0.270 e. The molecule has 1 aromatic carbocycles. The van der Waals surface area contributed by atoms with Gasteiger partial charge < -0.3 is 0 Å². The Labute approximate surface area is 143 Å². The van der Waals surface area contributed by atoms with E-state index in [0.29, 0.717) is 16.0 Å². The van der Waals surface area contributed by atoms with Crippen molar-refractivity contribution in [2.45, 2.75) is 17.3 Å². The zero-order chi connectivity index (χ0) is 16.2. The third kappa shape index (κ3) is 3.36. The molecule has 0 unspecified atom stereocenters. The Bertz CT molecular complexity index is 839. The smallest absolute Gasteiger partial charge is 0.197 e. The highest BCUT2D eigenvalue weighted by Crippen LogP contribution is 2.30. The predicted molar refractivity (Wildman–Crippen MR) is 90.5 cm³/mol. The van der Waals surface area contributed by atoms with E-state index in [1.54, 1.807) is 12.4 Å². The number of rotatable bonds is 4. The van der Waals surface area contributed by atoms with Crippen molar-refractivity contribution in [2.75, 3.05) is 0 Å². The van der Waals surface area contributed by atoms with E-state index in [9.17, 15) is 0 Å². The number of thioether (sulfide) groups is 1. The Hall–Kier alpha value is -2.36. The molecule has 0 aliphatic rings. The molecule has 0 saturated carbocycles. The van der Waals surface area contributed by atoms with E-state index in [4.69, 9.17) is 16.9 Å². The molecule has 0 spiro atoms. The van der Waals surface area contributed by atoms with E-state index in [-0.39, 0.29) is 5.25 Å². The number of nitriles is 1. The average Bonchev–Trinajstić information content (AvgIpc) is 3.00. The lowest BCUT2D eigenvalue weighted by atomic mass is 10.2. The molecule has 5 nitrogen and oxygen atoms in total. The van der Waals surface area contributed by atoms with Gasteiger partial charge in [0.15, 0.2) is 11.0 Å². The molecule has 0 fully saturated rings. The topological polar surface area (TPSA) is 67.4 Å². The molecule has 0 aliphatic carbocycles. The van der Waals surface area contributed by atoms with Crippen molar-refractivity contribution < 1.29 is 0 Å². The van der Waals surface area contributed by atoms with Gasteiger partial charge in [0.05, 0.1) is 11.3 Å². The summed E-state index contributed by atoms with van der Waals surface area (Å²) in [7, 11) is 0. The van der Waals surface area contributed by atoms with Crippen LogP contribution < -0.4 is 0 Å². The lowest BCUT2D eigenvalue weighted by Crippen LogP contribution is -2.01. The molecule has 0 radical (unpaired) electrons. The highest BCUT2D eigenvalue weighted by Gasteiger charge is 2.18. The van der Waals surface area contributed by atoms with Gasteiger partial charge in [-0.2, -0.15) is 5.26 Å². The largest absolute Gasteiger partial charge is 0.270 e. The molecule has 0 amide bonds. The number of benzene rings is 1. The summed E-state index contributed by atoms with van der Waals surface area (Å²) >= 11 is 7.34. The van der Waals surface area contributed by atoms with Crippen molar-refractivity contribution in [2.24, 2.45) is 0 Å². The Balaban J connectivity index is 2.14. The molecule has 3 rings (SSSR count). The molecular weight excluding hydrogens is 330 g/mol. The van der Waals surface area contributed by atoms with E-state index < -0.39 is 0 Å². The molecule has 2 heterocycles. The van der Waals surface area contributed by atoms with Crippen LogP contribution in [0.4, 0.5) is 0 Å². The zero-order valence-corrected chi connectivity index (χ0v) is 13.8. The van der Waals surface area contributed by atoms with E-state index >= 15 is 0 Å². The van der Waals surface area contributed by atoms with Crippen LogP contribution in [0.2, 0.25) is 5.02 Å². The normalized spacial score (nSPS) is 11.9. The second-order valence-corrected chi connectivity index (χ2v) is 6.49. The van der Waals surface area contributed by atoms with Gasteiger partial charge in [0.2, 0.25) is 0 Å². The summed E-state index contributed by atoms with van der Waals surface area (Å²) < 4.78 is 1.92. The fraction of sp³-hybridized carbons (Fsp3) is 0.125. The quantitative estimate of drug-likeness (QED) is 0.671. The van der Waals surface area contributed by atoms with Crippen LogP contribution in [0.5, 0.6) is 0 Å². The van der Waals surface area contributed by atoms with Gasteiger partial charge >= 0.3 is 0 Å². The van der Waals surface area contributed by atoms with Crippen LogP contribution in [-0.2, 0) is 0 Å². The van der Waals surface area contributed by atoms with Crippen molar-refractivity contribution in [1.82, 2.24) is 19.7 Å². The number of hydrogen-bond acceptors (Lipinski definition) is 5. The van der Waals surface area contributed by atoms with Crippen LogP contribution in [-0.4, -0.2) is 25.0 Å². The molecule has 7 heteroatoms. The van der Waals surface area contributed by atoms with Crippen LogP contribution in [0.25, 0.3) is 17.1 Å². The lowest BCUT2D eigenvalue weighted by Gasteiger charge is -2.11. The Morgan fingerprint density at radius 3 is 2.48 bits per heavy atom. The predicted octanol–water partition coefficient (Wildman–Crippen LogP) is 3.99. The maximum Gasteiger partial charge on any atom is 0.197 e. The molecule has 2 aromatic heterocycles. The summed E-state index contributed by atoms with van der Waals surface area (Å²) in [6, 6.07) is 13.4. The maximum absolute atomic E-state index is 9.06. The minimum absolute atomic E-state index is 0.226. The third-order valence-electron chi connectivity index (χ3n) is 3.12. The third-order valence-corrected chi connectivity index (χ3v) is 4.31. The van der Waals surface area contributed by atoms with Crippen LogP contribution >= 0.6 is 23.4 Å². The monoisotopic (exact) mass is 341 g/mol. The Morgan fingerprint density at radius 2 is 1.83 bits per heavy atom. The van der Waals surface area contributed by atoms with Crippen molar-refractivity contribution in [3.05, 3.63) is 53.8 Å². The number of hydrogen-bond donors (Lipinski definition) is 0. The molecule has 1 atom stereocenters. The molecule has 0 N–H and O–H groups in total. The Morgan fingerprint density at radius 1 is 1.13 bits per heavy atom. The second kappa shape index (κ2) is 6.82. The summed E-state index contributed by atoms with van der Waals surface area (Å²) in [5, 5.41) is 18.7. The zero-order valence-electron chi connectivity index (χ0n) is 12.2. The Kier molecular flexibility index (Phi) is 4.60. The number of nitrogens with zero attached hydrogens (tertiary/aromatic N) is 5. The second-order valence-electron chi connectivity index (χ2n) is 4.74. The standard InChI is InChI=1S/C16H12ClN5S/c1-11(10-18)23-16-21-20-15(12-6-8-19-9-7-12)22(16)14-4-2-13(17)3-5-14/h2-9,11H,1H3/t11-/m0/s1. The highest BCUT2D eigenvalue weighted by atomic mass is 35.5. The molecule has 3 aromatic rings. The van der Waals surface area contributed by atoms with Crippen molar-refractivity contribution in [3.63, 3.8) is 0 Å². The molecular formula is C16H12ClN5S. The molecule has 0 saturated heterocycles. The lowest BCUT2D eigenvalue weighted by molar-refractivity contribution is 0.883. The highest BCUT2D eigenvalue weighted by molar-refractivity contribution is 8.00. The van der Waals surface area contributed by atoms with Gasteiger partial charge in [0.1, 0.15) is 0 Å². The molecule has 23 heavy (non-hydrogen) atoms. The van der Waals surface area contributed by atoms with Gasteiger partial charge in [-0.05, 0) is 43.3 Å². The van der Waals surface area contributed by atoms with E-state index in [1.165, 1.54) is 11.8 Å². The number of halogens is 1. The van der Waals surface area contributed by atoms with Crippen molar-refractivity contribution in [3.8, 4) is 23.1 Å². The van der Waals surface area contributed by atoms with Crippen LogP contribution in [0, 0.1) is 11.3 Å². The van der Waals surface area contributed by atoms with E-state index in [1.807, 2.05) is 47.9 Å². The van der Waals surface area contributed by atoms with Crippen LogP contribution in [0.3, 0.4) is 0 Å². The van der Waals surface area contributed by atoms with Gasteiger partial charge in [0.25, 0.3) is 0 Å². The minimum atomic E-state index is -0.226. The van der Waals surface area contributed by atoms with Crippen molar-refractivity contribution in [1.29, 1.82) is 5.26 Å². The first-order valence-corrected chi connectivity index (χ1v) is 8.13. The number of aromatic nitrogens is 4. The summed E-state index contributed by atoms with van der Waals surface area (Å²) in [5.41, 5.74) is 1.79. The van der Waals surface area contributed by atoms with Gasteiger partial charge in [-0.25, -0.2) is 0 Å². The fourth-order valence-corrected chi connectivity index (χ4v) is 2.92. The first-order chi connectivity index (χ1) is 11.2. The average molecular weight is 342 g/mol. The van der Waals surface area contributed by atoms with Gasteiger partial charge in [0, 0.05) is 28.7 Å². The summed E-state index contributed by atoms with van der Waals surface area (Å²) in [5.74, 6) is 0.697. The first kappa shape index (κ1) is 15.5. The van der Waals surface area contributed by atoms with Gasteiger partial charge in [-0.3, -0.25) is 9.55 Å². The van der Waals surface area contributed by atoms with Crippen LogP contribution in [0.1, 0.15) is 6.92 Å². The summed E-state index contributed by atoms with van der Waals surface area (Å²) in [4.78, 5) is 4.03. The van der Waals surface area contributed by atoms with Crippen LogP contribution in [0.15, 0.2) is 53.9 Å². The molecule has 114 valence electrons. The molecule has 0 aliphatic heterocycles.